The van der Waals surface area contributed by atoms with Crippen molar-refractivity contribution in [2.45, 2.75) is 59.7 Å². The first-order valence-electron chi connectivity index (χ1n) is 18.7. The van der Waals surface area contributed by atoms with Crippen LogP contribution in [-0.4, -0.2) is 24.3 Å². The van der Waals surface area contributed by atoms with Crippen molar-refractivity contribution in [2.24, 2.45) is 34.5 Å². The third-order valence-corrected chi connectivity index (χ3v) is 11.6. The van der Waals surface area contributed by atoms with E-state index in [4.69, 9.17) is 37.4 Å². The fourth-order valence-corrected chi connectivity index (χ4v) is 7.39. The summed E-state index contributed by atoms with van der Waals surface area (Å²) in [5.41, 5.74) is 2.97. The van der Waals surface area contributed by atoms with E-state index in [1.54, 1.807) is 64.1 Å². The molecule has 60 heavy (non-hydrogen) atoms. The molecular formula is C46H41Cl2F6NO5. The SMILES string of the molecule is CC1(C)[C@H](C(=O)O[C@H](C#N)c2cccc(Oc3ccccc3)c2)[C@@H]1/C=C(\Cl)C(F)(F)F.Cc1c(COC(=O)[C@@H]2[C@H](/C=C(\Cl)C(F)(F)F)C2(C)C)cccc1-c1ccccc1. The quantitative estimate of drug-likeness (QED) is 0.110. The van der Waals surface area contributed by atoms with Gasteiger partial charge in [-0.1, -0.05) is 142 Å². The number of nitrogens with zero attached hydrogens (tertiary/aromatic N) is 1. The lowest BCUT2D eigenvalue weighted by Gasteiger charge is -2.13. The van der Waals surface area contributed by atoms with Gasteiger partial charge in [-0.25, -0.2) is 0 Å². The Morgan fingerprint density at radius 1 is 0.733 bits per heavy atom. The average molecular weight is 873 g/mol. The van der Waals surface area contributed by atoms with Gasteiger partial charge in [-0.05, 0) is 76.1 Å². The maximum atomic E-state index is 12.7. The van der Waals surface area contributed by atoms with Crippen LogP contribution in [0.25, 0.3) is 11.1 Å². The summed E-state index contributed by atoms with van der Waals surface area (Å²) in [7, 11) is 0. The van der Waals surface area contributed by atoms with E-state index in [1.165, 1.54) is 0 Å². The molecule has 2 saturated carbocycles. The van der Waals surface area contributed by atoms with Crippen molar-refractivity contribution < 1.29 is 50.1 Å². The lowest BCUT2D eigenvalue weighted by molar-refractivity contribution is -0.149. The predicted octanol–water partition coefficient (Wildman–Crippen LogP) is 13.2. The molecule has 6 rings (SSSR count). The van der Waals surface area contributed by atoms with Crippen LogP contribution in [0.4, 0.5) is 26.3 Å². The zero-order valence-electron chi connectivity index (χ0n) is 33.1. The van der Waals surface area contributed by atoms with Gasteiger partial charge >= 0.3 is 24.3 Å². The molecule has 2 fully saturated rings. The summed E-state index contributed by atoms with van der Waals surface area (Å²) in [5, 5.41) is 7.04. The van der Waals surface area contributed by atoms with Crippen molar-refractivity contribution in [3.05, 3.63) is 142 Å². The normalized spacial score (nSPS) is 21.0. The lowest BCUT2D eigenvalue weighted by atomic mass is 9.97. The number of benzene rings is 4. The van der Waals surface area contributed by atoms with Crippen LogP contribution in [-0.2, 0) is 25.7 Å². The number of para-hydroxylation sites is 1. The summed E-state index contributed by atoms with van der Waals surface area (Å²) in [6.07, 6.45) is -8.75. The molecule has 0 bridgehead atoms. The number of nitriles is 1. The van der Waals surface area contributed by atoms with Crippen LogP contribution >= 0.6 is 23.2 Å². The molecule has 2 aliphatic carbocycles. The van der Waals surface area contributed by atoms with Gasteiger partial charge in [0.1, 0.15) is 34.2 Å². The number of alkyl halides is 6. The highest BCUT2D eigenvalue weighted by Gasteiger charge is 2.63. The second kappa shape index (κ2) is 18.2. The summed E-state index contributed by atoms with van der Waals surface area (Å²) >= 11 is 10.7. The zero-order valence-corrected chi connectivity index (χ0v) is 34.6. The van der Waals surface area contributed by atoms with Crippen molar-refractivity contribution in [2.75, 3.05) is 0 Å². The van der Waals surface area contributed by atoms with E-state index >= 15 is 0 Å². The second-order valence-electron chi connectivity index (χ2n) is 15.7. The van der Waals surface area contributed by atoms with Crippen molar-refractivity contribution in [3.8, 4) is 28.7 Å². The standard InChI is InChI=1S/C23H19ClF3NO3.C23H22ClF3O2/c1-22(2)17(12-19(24)23(25,26)27)20(22)21(29)31-18(13-28)14-7-6-10-16(11-14)30-15-8-4-3-5-9-15;1-14-16(10-7-11-17(14)15-8-5-4-6-9-15)13-29-21(28)20-18(22(20,2)3)12-19(24)23(25,26)27/h3-12,17-18,20H,1-2H3;4-12,18,20H,13H2,1-3H3/b2*19-12-/t17-,18+,20-;18-,20-/m00/s1. The second-order valence-corrected chi connectivity index (χ2v) is 16.5. The van der Waals surface area contributed by atoms with Crippen molar-refractivity contribution in [3.63, 3.8) is 0 Å². The van der Waals surface area contributed by atoms with E-state index in [1.807, 2.05) is 79.7 Å². The molecule has 2 aliphatic rings. The van der Waals surface area contributed by atoms with Crippen LogP contribution in [0.3, 0.4) is 0 Å². The number of ether oxygens (including phenoxy) is 3. The molecule has 6 nitrogen and oxygen atoms in total. The fraction of sp³-hybridized carbons (Fsp3) is 0.326. The minimum atomic E-state index is -4.68. The molecule has 14 heteroatoms. The highest BCUT2D eigenvalue weighted by Crippen LogP contribution is 2.61. The minimum Gasteiger partial charge on any atom is -0.461 e. The highest BCUT2D eigenvalue weighted by molar-refractivity contribution is 6.30. The van der Waals surface area contributed by atoms with E-state index < -0.39 is 75.0 Å². The minimum absolute atomic E-state index is 0.0708. The van der Waals surface area contributed by atoms with Gasteiger partial charge in [0.05, 0.1) is 11.8 Å². The predicted molar refractivity (Wildman–Crippen MR) is 215 cm³/mol. The van der Waals surface area contributed by atoms with Gasteiger partial charge in [0, 0.05) is 5.56 Å². The smallest absolute Gasteiger partial charge is 0.426 e. The zero-order chi connectivity index (χ0) is 44.2. The van der Waals surface area contributed by atoms with E-state index in [0.29, 0.717) is 17.1 Å². The highest BCUT2D eigenvalue weighted by atomic mass is 35.5. The maximum Gasteiger partial charge on any atom is 0.426 e. The first-order chi connectivity index (χ1) is 28.1. The summed E-state index contributed by atoms with van der Waals surface area (Å²) in [5.74, 6) is -3.02. The maximum absolute atomic E-state index is 12.7. The van der Waals surface area contributed by atoms with Crippen molar-refractivity contribution in [1.29, 1.82) is 5.26 Å². The van der Waals surface area contributed by atoms with Gasteiger partial charge in [0.15, 0.2) is 0 Å². The molecule has 4 aromatic rings. The summed E-state index contributed by atoms with van der Waals surface area (Å²) < 4.78 is 92.8. The van der Waals surface area contributed by atoms with E-state index in [-0.39, 0.29) is 6.61 Å². The topological polar surface area (TPSA) is 85.6 Å². The first-order valence-corrected chi connectivity index (χ1v) is 19.5. The van der Waals surface area contributed by atoms with Crippen LogP contribution in [0.1, 0.15) is 50.5 Å². The summed E-state index contributed by atoms with van der Waals surface area (Å²) in [6, 6.07) is 33.1. The van der Waals surface area contributed by atoms with Crippen molar-refractivity contribution in [1.82, 2.24) is 0 Å². The molecule has 0 aromatic heterocycles. The number of hydrogen-bond donors (Lipinski definition) is 0. The Kier molecular flexibility index (Phi) is 13.9. The molecule has 0 aliphatic heterocycles. The Morgan fingerprint density at radius 3 is 1.77 bits per heavy atom. The molecule has 0 unspecified atom stereocenters. The third-order valence-electron chi connectivity index (χ3n) is 10.9. The molecule has 0 radical (unpaired) electrons. The van der Waals surface area contributed by atoms with Crippen molar-refractivity contribution >= 4 is 35.1 Å². The molecule has 4 aromatic carbocycles. The first kappa shape index (κ1) is 45.8. The van der Waals surface area contributed by atoms with Crippen LogP contribution in [0.2, 0.25) is 0 Å². The van der Waals surface area contributed by atoms with E-state index in [0.717, 1.165) is 34.4 Å². The van der Waals surface area contributed by atoms with Gasteiger partial charge in [0.25, 0.3) is 0 Å². The molecule has 0 amide bonds. The molecule has 0 heterocycles. The van der Waals surface area contributed by atoms with E-state index in [9.17, 15) is 41.2 Å². The van der Waals surface area contributed by atoms with Gasteiger partial charge in [0.2, 0.25) is 6.10 Å². The molecule has 0 N–H and O–H groups in total. The molecule has 0 spiro atoms. The summed E-state index contributed by atoms with van der Waals surface area (Å²) in [6.45, 7) is 8.80. The lowest BCUT2D eigenvalue weighted by Crippen LogP contribution is -2.14. The largest absolute Gasteiger partial charge is 0.461 e. The molecular weight excluding hydrogens is 831 g/mol. The monoisotopic (exact) mass is 871 g/mol. The van der Waals surface area contributed by atoms with Gasteiger partial charge in [-0.3, -0.25) is 9.59 Å². The number of rotatable bonds is 11. The third kappa shape index (κ3) is 10.9. The number of carbonyl (C=O) groups excluding carboxylic acids is 2. The Bertz CT molecular complexity index is 2280. The van der Waals surface area contributed by atoms with Gasteiger partial charge < -0.3 is 14.2 Å². The number of hydrogen-bond acceptors (Lipinski definition) is 6. The number of esters is 2. The average Bonchev–Trinajstić information content (AvgIpc) is 3.96. The van der Waals surface area contributed by atoms with E-state index in [2.05, 4.69) is 0 Å². The number of halogens is 8. The Labute approximate surface area is 354 Å². The van der Waals surface area contributed by atoms with Gasteiger partial charge in [-0.2, -0.15) is 31.6 Å². The van der Waals surface area contributed by atoms with Crippen LogP contribution in [0, 0.1) is 52.8 Å². The fourth-order valence-electron chi connectivity index (χ4n) is 7.12. The number of carbonyl (C=O) groups is 2. The molecule has 316 valence electrons. The van der Waals surface area contributed by atoms with Crippen LogP contribution in [0.15, 0.2) is 125 Å². The summed E-state index contributed by atoms with van der Waals surface area (Å²) in [4.78, 5) is 25.1. The number of allylic oxidation sites excluding steroid dienone is 4. The van der Waals surface area contributed by atoms with Crippen LogP contribution < -0.4 is 4.74 Å². The van der Waals surface area contributed by atoms with Crippen LogP contribution in [0.5, 0.6) is 11.5 Å². The molecule has 0 saturated heterocycles. The van der Waals surface area contributed by atoms with Gasteiger partial charge in [-0.15, -0.1) is 0 Å². The Morgan fingerprint density at radius 2 is 1.23 bits per heavy atom. The Balaban J connectivity index is 0.000000228. The Hall–Kier alpha value is -5.25. The molecule has 5 atom stereocenters.